The predicted molar refractivity (Wildman–Crippen MR) is 169 cm³/mol. The van der Waals surface area contributed by atoms with E-state index in [2.05, 4.69) is 37.9 Å². The van der Waals surface area contributed by atoms with Gasteiger partial charge in [0.2, 0.25) is 0 Å². The van der Waals surface area contributed by atoms with E-state index in [0.717, 1.165) is 58.0 Å². The molecule has 0 aromatic carbocycles. The Balaban J connectivity index is 2.15. The lowest BCUT2D eigenvalue weighted by atomic mass is 9.97. The Hall–Kier alpha value is -1.36. The molecule has 0 saturated carbocycles. The predicted octanol–water partition coefficient (Wildman–Crippen LogP) is 9.57. The Bertz CT molecular complexity index is 627. The summed E-state index contributed by atoms with van der Waals surface area (Å²) in [5, 5.41) is 0. The fourth-order valence-corrected chi connectivity index (χ4v) is 5.43. The van der Waals surface area contributed by atoms with Crippen molar-refractivity contribution in [2.24, 2.45) is 5.92 Å². The highest BCUT2D eigenvalue weighted by Crippen LogP contribution is 2.20. The Morgan fingerprint density at radius 3 is 1.80 bits per heavy atom. The van der Waals surface area contributed by atoms with Gasteiger partial charge in [-0.1, -0.05) is 109 Å². The molecule has 0 aromatic rings. The monoisotopic (exact) mass is 563 g/mol. The van der Waals surface area contributed by atoms with Crippen LogP contribution in [0.4, 0.5) is 0 Å². The molecule has 0 aromatic heterocycles. The second-order valence-electron chi connectivity index (χ2n) is 12.2. The molecule has 0 bridgehead atoms. The summed E-state index contributed by atoms with van der Waals surface area (Å²) >= 11 is 0. The SMILES string of the molecule is CCCCCCCC/C=C/CCCCCCCC(=O)OCC(CCCCCCCC)OC(=O)C1CCN(C)CC1. The van der Waals surface area contributed by atoms with E-state index in [0.29, 0.717) is 6.42 Å². The van der Waals surface area contributed by atoms with E-state index in [1.807, 2.05) is 0 Å². The van der Waals surface area contributed by atoms with Gasteiger partial charge in [-0.05, 0) is 77.9 Å². The third-order valence-corrected chi connectivity index (χ3v) is 8.29. The van der Waals surface area contributed by atoms with E-state index in [1.165, 1.54) is 96.3 Å². The van der Waals surface area contributed by atoms with Gasteiger partial charge in [0.25, 0.3) is 0 Å². The van der Waals surface area contributed by atoms with Crippen LogP contribution >= 0.6 is 0 Å². The maximum absolute atomic E-state index is 12.8. The van der Waals surface area contributed by atoms with Crippen LogP contribution in [0.1, 0.15) is 162 Å². The van der Waals surface area contributed by atoms with Crippen LogP contribution in [0.5, 0.6) is 0 Å². The lowest BCUT2D eigenvalue weighted by Crippen LogP contribution is -2.36. The normalized spacial score (nSPS) is 15.5. The number of rotatable bonds is 26. The molecule has 1 atom stereocenters. The van der Waals surface area contributed by atoms with Crippen molar-refractivity contribution in [1.29, 1.82) is 0 Å². The van der Waals surface area contributed by atoms with Crippen molar-refractivity contribution in [3.63, 3.8) is 0 Å². The molecule has 1 aliphatic rings. The van der Waals surface area contributed by atoms with E-state index in [-0.39, 0.29) is 30.6 Å². The molecular weight excluding hydrogens is 498 g/mol. The number of carbonyl (C=O) groups excluding carboxylic acids is 2. The molecule has 1 aliphatic heterocycles. The summed E-state index contributed by atoms with van der Waals surface area (Å²) in [6.07, 6.45) is 30.7. The van der Waals surface area contributed by atoms with Gasteiger partial charge in [0.15, 0.2) is 0 Å². The second kappa shape index (κ2) is 26.5. The number of esters is 2. The molecule has 40 heavy (non-hydrogen) atoms. The van der Waals surface area contributed by atoms with Crippen LogP contribution in [-0.2, 0) is 19.1 Å². The highest BCUT2D eigenvalue weighted by Gasteiger charge is 2.27. The van der Waals surface area contributed by atoms with Crippen LogP contribution in [0.3, 0.4) is 0 Å². The lowest BCUT2D eigenvalue weighted by Gasteiger charge is -2.29. The number of unbranched alkanes of at least 4 members (excludes halogenated alkanes) is 16. The minimum Gasteiger partial charge on any atom is -0.462 e. The number of nitrogens with zero attached hydrogens (tertiary/aromatic N) is 1. The first-order valence-corrected chi connectivity index (χ1v) is 17.3. The van der Waals surface area contributed by atoms with Crippen LogP contribution in [0, 0.1) is 5.92 Å². The van der Waals surface area contributed by atoms with Gasteiger partial charge in [0.1, 0.15) is 12.7 Å². The van der Waals surface area contributed by atoms with Crippen molar-refractivity contribution in [3.8, 4) is 0 Å². The topological polar surface area (TPSA) is 55.8 Å². The van der Waals surface area contributed by atoms with Crippen molar-refractivity contribution in [2.75, 3.05) is 26.7 Å². The maximum Gasteiger partial charge on any atom is 0.309 e. The van der Waals surface area contributed by atoms with Crippen LogP contribution < -0.4 is 0 Å². The first-order valence-electron chi connectivity index (χ1n) is 17.3. The van der Waals surface area contributed by atoms with Gasteiger partial charge in [-0.25, -0.2) is 0 Å². The third kappa shape index (κ3) is 21.4. The van der Waals surface area contributed by atoms with E-state index in [1.54, 1.807) is 0 Å². The fourth-order valence-electron chi connectivity index (χ4n) is 5.43. The molecule has 0 N–H and O–H groups in total. The second-order valence-corrected chi connectivity index (χ2v) is 12.2. The van der Waals surface area contributed by atoms with Gasteiger partial charge in [-0.15, -0.1) is 0 Å². The Morgan fingerprint density at radius 1 is 0.725 bits per heavy atom. The third-order valence-electron chi connectivity index (χ3n) is 8.29. The Kier molecular flexibility index (Phi) is 24.3. The molecule has 0 amide bonds. The standard InChI is InChI=1S/C35H65NO4/c1-4-6-8-10-12-13-14-15-16-17-18-19-20-22-24-26-34(37)39-31-33(25-23-21-11-9-7-5-2)40-35(38)32-27-29-36(3)30-28-32/h15-16,32-33H,4-14,17-31H2,1-3H3/b16-15+. The minimum atomic E-state index is -0.309. The van der Waals surface area contributed by atoms with Gasteiger partial charge >= 0.3 is 11.9 Å². The number of hydrogen-bond acceptors (Lipinski definition) is 5. The molecular formula is C35H65NO4. The summed E-state index contributed by atoms with van der Waals surface area (Å²) in [5.74, 6) is -0.270. The van der Waals surface area contributed by atoms with E-state index in [9.17, 15) is 9.59 Å². The molecule has 0 radical (unpaired) electrons. The Morgan fingerprint density at radius 2 is 1.23 bits per heavy atom. The van der Waals surface area contributed by atoms with Gasteiger partial charge in [-0.3, -0.25) is 9.59 Å². The maximum atomic E-state index is 12.8. The first kappa shape index (κ1) is 36.7. The van der Waals surface area contributed by atoms with E-state index in [4.69, 9.17) is 9.47 Å². The van der Waals surface area contributed by atoms with Gasteiger partial charge in [0, 0.05) is 6.42 Å². The zero-order valence-electron chi connectivity index (χ0n) is 26.8. The number of piperidine rings is 1. The van der Waals surface area contributed by atoms with Gasteiger partial charge < -0.3 is 14.4 Å². The largest absolute Gasteiger partial charge is 0.462 e. The van der Waals surface area contributed by atoms with Crippen molar-refractivity contribution in [1.82, 2.24) is 4.90 Å². The molecule has 1 unspecified atom stereocenters. The van der Waals surface area contributed by atoms with Crippen molar-refractivity contribution >= 4 is 11.9 Å². The zero-order chi connectivity index (χ0) is 29.1. The average Bonchev–Trinajstić information content (AvgIpc) is 2.95. The molecule has 1 rings (SSSR count). The van der Waals surface area contributed by atoms with E-state index >= 15 is 0 Å². The van der Waals surface area contributed by atoms with Crippen LogP contribution in [0.25, 0.3) is 0 Å². The molecule has 5 nitrogen and oxygen atoms in total. The number of likely N-dealkylation sites (tertiary alicyclic amines) is 1. The molecule has 234 valence electrons. The number of hydrogen-bond donors (Lipinski definition) is 0. The number of carbonyl (C=O) groups is 2. The lowest BCUT2D eigenvalue weighted by molar-refractivity contribution is -0.164. The first-order chi connectivity index (χ1) is 19.6. The summed E-state index contributed by atoms with van der Waals surface area (Å²) in [5.41, 5.74) is 0. The molecule has 0 spiro atoms. The summed E-state index contributed by atoms with van der Waals surface area (Å²) < 4.78 is 11.5. The van der Waals surface area contributed by atoms with Crippen LogP contribution in [-0.4, -0.2) is 49.7 Å². The van der Waals surface area contributed by atoms with Gasteiger partial charge in [-0.2, -0.15) is 0 Å². The highest BCUT2D eigenvalue weighted by atomic mass is 16.6. The van der Waals surface area contributed by atoms with Crippen molar-refractivity contribution < 1.29 is 19.1 Å². The van der Waals surface area contributed by atoms with Crippen molar-refractivity contribution in [2.45, 2.75) is 168 Å². The summed E-state index contributed by atoms with van der Waals surface area (Å²) in [7, 11) is 2.10. The molecule has 5 heteroatoms. The van der Waals surface area contributed by atoms with Crippen LogP contribution in [0.2, 0.25) is 0 Å². The molecule has 1 fully saturated rings. The summed E-state index contributed by atoms with van der Waals surface area (Å²) in [4.78, 5) is 27.4. The number of allylic oxidation sites excluding steroid dienone is 2. The summed E-state index contributed by atoms with van der Waals surface area (Å²) in [6, 6.07) is 0. The quantitative estimate of drug-likeness (QED) is 0.0596. The molecule has 1 heterocycles. The summed E-state index contributed by atoms with van der Waals surface area (Å²) in [6.45, 7) is 6.57. The molecule has 1 saturated heterocycles. The highest BCUT2D eigenvalue weighted by molar-refractivity contribution is 5.73. The van der Waals surface area contributed by atoms with E-state index < -0.39 is 0 Å². The minimum absolute atomic E-state index is 0.0187. The Labute approximate surface area is 248 Å². The fraction of sp³-hybridized carbons (Fsp3) is 0.886. The average molecular weight is 564 g/mol. The zero-order valence-corrected chi connectivity index (χ0v) is 26.8. The number of ether oxygens (including phenoxy) is 2. The molecule has 0 aliphatic carbocycles. The van der Waals surface area contributed by atoms with Crippen LogP contribution in [0.15, 0.2) is 12.2 Å². The smallest absolute Gasteiger partial charge is 0.309 e. The van der Waals surface area contributed by atoms with Gasteiger partial charge in [0.05, 0.1) is 5.92 Å². The van der Waals surface area contributed by atoms with Crippen molar-refractivity contribution in [3.05, 3.63) is 12.2 Å².